The van der Waals surface area contributed by atoms with Crippen molar-refractivity contribution in [1.82, 2.24) is 9.88 Å². The van der Waals surface area contributed by atoms with Crippen LogP contribution in [0.5, 0.6) is 5.75 Å². The van der Waals surface area contributed by atoms with Crippen molar-refractivity contribution in [3.05, 3.63) is 82.3 Å². The van der Waals surface area contributed by atoms with Crippen molar-refractivity contribution < 1.29 is 19.0 Å². The van der Waals surface area contributed by atoms with Crippen LogP contribution in [0.2, 0.25) is 0 Å². The summed E-state index contributed by atoms with van der Waals surface area (Å²) in [5, 5.41) is 1.94. The number of esters is 1. The molecular formula is C23H24N2O4S. The van der Waals surface area contributed by atoms with Crippen LogP contribution in [0.4, 0.5) is 0 Å². The number of aromatic nitrogens is 1. The van der Waals surface area contributed by atoms with Gasteiger partial charge in [-0.25, -0.2) is 9.78 Å². The van der Waals surface area contributed by atoms with Crippen molar-refractivity contribution in [2.75, 3.05) is 26.3 Å². The number of morpholine rings is 1. The van der Waals surface area contributed by atoms with Crippen LogP contribution in [0.25, 0.3) is 0 Å². The zero-order chi connectivity index (χ0) is 20.6. The molecule has 1 aromatic heterocycles. The van der Waals surface area contributed by atoms with Gasteiger partial charge in [0.05, 0.1) is 23.4 Å². The van der Waals surface area contributed by atoms with Gasteiger partial charge in [-0.3, -0.25) is 4.90 Å². The van der Waals surface area contributed by atoms with Crippen LogP contribution in [-0.2, 0) is 22.6 Å². The summed E-state index contributed by atoms with van der Waals surface area (Å²) in [6.45, 7) is 3.78. The Balaban J connectivity index is 1.22. The van der Waals surface area contributed by atoms with Gasteiger partial charge in [0.2, 0.25) is 0 Å². The summed E-state index contributed by atoms with van der Waals surface area (Å²) in [7, 11) is 0. The van der Waals surface area contributed by atoms with E-state index in [2.05, 4.69) is 22.0 Å². The fraction of sp³-hybridized carbons (Fsp3) is 0.304. The third-order valence-electron chi connectivity index (χ3n) is 4.83. The quantitative estimate of drug-likeness (QED) is 0.513. The highest BCUT2D eigenvalue weighted by molar-refractivity contribution is 7.07. The second-order valence-corrected chi connectivity index (χ2v) is 7.82. The first-order valence-electron chi connectivity index (χ1n) is 9.91. The Morgan fingerprint density at radius 3 is 2.77 bits per heavy atom. The molecule has 2 heterocycles. The Bertz CT molecular complexity index is 916. The molecule has 30 heavy (non-hydrogen) atoms. The Morgan fingerprint density at radius 1 is 1.17 bits per heavy atom. The van der Waals surface area contributed by atoms with Gasteiger partial charge in [-0.1, -0.05) is 30.3 Å². The van der Waals surface area contributed by atoms with E-state index >= 15 is 0 Å². The van der Waals surface area contributed by atoms with Crippen molar-refractivity contribution in [3.63, 3.8) is 0 Å². The van der Waals surface area contributed by atoms with E-state index in [0.29, 0.717) is 24.5 Å². The van der Waals surface area contributed by atoms with Crippen LogP contribution in [0, 0.1) is 0 Å². The van der Waals surface area contributed by atoms with Crippen LogP contribution in [0.3, 0.4) is 0 Å². The van der Waals surface area contributed by atoms with Gasteiger partial charge in [-0.2, -0.15) is 0 Å². The number of hydrogen-bond donors (Lipinski definition) is 0. The largest absolute Gasteiger partial charge is 0.487 e. The van der Waals surface area contributed by atoms with E-state index in [0.717, 1.165) is 25.3 Å². The molecule has 7 heteroatoms. The summed E-state index contributed by atoms with van der Waals surface area (Å²) in [6.07, 6.45) is -0.118. The highest BCUT2D eigenvalue weighted by Crippen LogP contribution is 2.16. The van der Waals surface area contributed by atoms with Gasteiger partial charge in [-0.05, 0) is 29.8 Å². The second-order valence-electron chi connectivity index (χ2n) is 7.10. The Hall–Kier alpha value is -2.74. The zero-order valence-corrected chi connectivity index (χ0v) is 17.4. The molecule has 3 aromatic rings. The van der Waals surface area contributed by atoms with E-state index in [1.807, 2.05) is 23.6 Å². The first-order chi connectivity index (χ1) is 14.8. The lowest BCUT2D eigenvalue weighted by atomic mass is 10.2. The lowest BCUT2D eigenvalue weighted by molar-refractivity contribution is -0.0612. The number of carbonyl (C=O) groups is 1. The average Bonchev–Trinajstić information content (AvgIpc) is 3.31. The number of thiazole rings is 1. The van der Waals surface area contributed by atoms with E-state index < -0.39 is 0 Å². The number of nitrogens with zero attached hydrogens (tertiary/aromatic N) is 2. The van der Waals surface area contributed by atoms with Crippen molar-refractivity contribution in [2.24, 2.45) is 0 Å². The van der Waals surface area contributed by atoms with Gasteiger partial charge in [0.15, 0.2) is 0 Å². The first kappa shape index (κ1) is 20.5. The maximum absolute atomic E-state index is 12.4. The molecule has 2 aromatic carbocycles. The van der Waals surface area contributed by atoms with Crippen molar-refractivity contribution in [3.8, 4) is 5.75 Å². The van der Waals surface area contributed by atoms with E-state index in [1.54, 1.807) is 29.8 Å². The van der Waals surface area contributed by atoms with E-state index in [-0.39, 0.29) is 18.7 Å². The summed E-state index contributed by atoms with van der Waals surface area (Å²) in [6, 6.07) is 17.3. The predicted octanol–water partition coefficient (Wildman–Crippen LogP) is 3.78. The molecule has 1 unspecified atom stereocenters. The smallest absolute Gasteiger partial charge is 0.338 e. The van der Waals surface area contributed by atoms with Crippen molar-refractivity contribution >= 4 is 17.3 Å². The maximum Gasteiger partial charge on any atom is 0.338 e. The minimum atomic E-state index is -0.357. The molecule has 0 amide bonds. The second kappa shape index (κ2) is 10.3. The summed E-state index contributed by atoms with van der Waals surface area (Å²) in [5.74, 6) is 0.330. The molecule has 0 N–H and O–H groups in total. The zero-order valence-electron chi connectivity index (χ0n) is 16.6. The summed E-state index contributed by atoms with van der Waals surface area (Å²) in [5.41, 5.74) is 4.42. The van der Waals surface area contributed by atoms with Crippen LogP contribution >= 0.6 is 11.3 Å². The molecule has 1 atom stereocenters. The standard InChI is InChI=1S/C23H24N2O4S/c26-23(19-6-8-21(9-7-19)28-14-20-16-30-17-24-20)29-15-22-13-25(10-11-27-22)12-18-4-2-1-3-5-18/h1-9,16-17,22H,10-15H2. The predicted molar refractivity (Wildman–Crippen MR) is 115 cm³/mol. The fourth-order valence-electron chi connectivity index (χ4n) is 3.27. The number of benzene rings is 2. The monoisotopic (exact) mass is 424 g/mol. The summed E-state index contributed by atoms with van der Waals surface area (Å²) < 4.78 is 16.9. The van der Waals surface area contributed by atoms with Gasteiger partial charge in [0.1, 0.15) is 25.1 Å². The van der Waals surface area contributed by atoms with Crippen molar-refractivity contribution in [2.45, 2.75) is 19.3 Å². The fourth-order valence-corrected chi connectivity index (χ4v) is 3.81. The molecule has 0 spiro atoms. The molecule has 1 fully saturated rings. The lowest BCUT2D eigenvalue weighted by Crippen LogP contribution is -2.44. The summed E-state index contributed by atoms with van der Waals surface area (Å²) in [4.78, 5) is 18.9. The number of rotatable bonds is 8. The van der Waals surface area contributed by atoms with Crippen LogP contribution in [0.15, 0.2) is 65.5 Å². The van der Waals surface area contributed by atoms with Crippen LogP contribution < -0.4 is 4.74 Å². The highest BCUT2D eigenvalue weighted by atomic mass is 32.1. The Kier molecular flexibility index (Phi) is 7.07. The minimum Gasteiger partial charge on any atom is -0.487 e. The Labute approximate surface area is 180 Å². The number of carbonyl (C=O) groups excluding carboxylic acids is 1. The van der Waals surface area contributed by atoms with Crippen LogP contribution in [0.1, 0.15) is 21.6 Å². The number of hydrogen-bond acceptors (Lipinski definition) is 7. The normalized spacial score (nSPS) is 16.9. The lowest BCUT2D eigenvalue weighted by Gasteiger charge is -2.32. The van der Waals surface area contributed by atoms with Gasteiger partial charge in [0.25, 0.3) is 0 Å². The van der Waals surface area contributed by atoms with Gasteiger partial charge < -0.3 is 14.2 Å². The molecule has 6 nitrogen and oxygen atoms in total. The van der Waals surface area contributed by atoms with Gasteiger partial charge in [-0.15, -0.1) is 11.3 Å². The van der Waals surface area contributed by atoms with E-state index in [4.69, 9.17) is 14.2 Å². The summed E-state index contributed by atoms with van der Waals surface area (Å²) >= 11 is 1.53. The third kappa shape index (κ3) is 5.89. The average molecular weight is 425 g/mol. The molecule has 1 aliphatic rings. The molecule has 1 aliphatic heterocycles. The topological polar surface area (TPSA) is 60.9 Å². The third-order valence-corrected chi connectivity index (χ3v) is 5.47. The highest BCUT2D eigenvalue weighted by Gasteiger charge is 2.22. The molecular weight excluding hydrogens is 400 g/mol. The van der Waals surface area contributed by atoms with Gasteiger partial charge >= 0.3 is 5.97 Å². The minimum absolute atomic E-state index is 0.118. The SMILES string of the molecule is O=C(OCC1CN(Cc2ccccc2)CCO1)c1ccc(OCc2cscn2)cc1. The molecule has 4 rings (SSSR count). The maximum atomic E-state index is 12.4. The van der Waals surface area contributed by atoms with Gasteiger partial charge in [0, 0.05) is 25.0 Å². The molecule has 156 valence electrons. The van der Waals surface area contributed by atoms with E-state index in [9.17, 15) is 4.79 Å². The number of ether oxygens (including phenoxy) is 3. The molecule has 0 saturated carbocycles. The van der Waals surface area contributed by atoms with E-state index in [1.165, 1.54) is 16.9 Å². The molecule has 0 radical (unpaired) electrons. The molecule has 0 bridgehead atoms. The van der Waals surface area contributed by atoms with Crippen LogP contribution in [-0.4, -0.2) is 48.3 Å². The molecule has 0 aliphatic carbocycles. The Morgan fingerprint density at radius 2 is 2.00 bits per heavy atom. The van der Waals surface area contributed by atoms with Crippen molar-refractivity contribution in [1.29, 1.82) is 0 Å². The first-order valence-corrected chi connectivity index (χ1v) is 10.9. The molecule has 1 saturated heterocycles.